The molecule has 4 N–H and O–H groups in total. The van der Waals surface area contributed by atoms with Crippen molar-refractivity contribution in [3.8, 4) is 11.8 Å². The molecule has 0 fully saturated rings. The molecule has 1 atom stereocenters. The predicted molar refractivity (Wildman–Crippen MR) is 84.1 cm³/mol. The van der Waals surface area contributed by atoms with E-state index in [0.717, 1.165) is 17.3 Å². The van der Waals surface area contributed by atoms with Crippen molar-refractivity contribution in [2.75, 3.05) is 11.9 Å². The second-order valence-corrected chi connectivity index (χ2v) is 5.65. The van der Waals surface area contributed by atoms with Gasteiger partial charge in [-0.1, -0.05) is 18.2 Å². The lowest BCUT2D eigenvalue weighted by molar-refractivity contribution is 0.224. The molecule has 24 heavy (non-hydrogen) atoms. The topological polar surface area (TPSA) is 122 Å². The molecular weight excluding hydrogens is 310 g/mol. The van der Waals surface area contributed by atoms with Gasteiger partial charge >= 0.3 is 0 Å². The number of ether oxygens (including phenoxy) is 1. The zero-order valence-corrected chi connectivity index (χ0v) is 12.5. The number of aliphatic hydroxyl groups excluding tert-OH is 1. The monoisotopic (exact) mass is 323 g/mol. The van der Waals surface area contributed by atoms with E-state index in [1.54, 1.807) is 0 Å². The van der Waals surface area contributed by atoms with Gasteiger partial charge in [0.05, 0.1) is 0 Å². The van der Waals surface area contributed by atoms with Gasteiger partial charge in [0.15, 0.2) is 5.76 Å². The first-order valence-electron chi connectivity index (χ1n) is 7.31. The maximum Gasteiger partial charge on any atom is 0.228 e. The maximum atomic E-state index is 12.4. The van der Waals surface area contributed by atoms with Crippen molar-refractivity contribution < 1.29 is 14.3 Å². The van der Waals surface area contributed by atoms with Gasteiger partial charge in [-0.2, -0.15) is 5.26 Å². The van der Waals surface area contributed by atoms with E-state index in [0.29, 0.717) is 6.54 Å². The quantitative estimate of drug-likeness (QED) is 0.713. The zero-order chi connectivity index (χ0) is 16.9. The summed E-state index contributed by atoms with van der Waals surface area (Å²) in [6.45, 7) is -0.140. The fourth-order valence-electron chi connectivity index (χ4n) is 3.38. The average Bonchev–Trinajstić information content (AvgIpc) is 2.96. The highest BCUT2D eigenvalue weighted by molar-refractivity contribution is 5.71. The first-order valence-corrected chi connectivity index (χ1v) is 7.31. The van der Waals surface area contributed by atoms with Crippen LogP contribution in [0.5, 0.6) is 5.75 Å². The molecule has 120 valence electrons. The Bertz CT molecular complexity index is 986. The molecule has 2 aliphatic rings. The molecule has 2 aromatic rings. The molecule has 0 amide bonds. The minimum atomic E-state index is -1.06. The van der Waals surface area contributed by atoms with Gasteiger partial charge in [-0.25, -0.2) is 0 Å². The third kappa shape index (κ3) is 1.66. The van der Waals surface area contributed by atoms with Gasteiger partial charge in [-0.05, 0) is 11.6 Å². The summed E-state index contributed by atoms with van der Waals surface area (Å²) >= 11 is 0. The van der Waals surface area contributed by atoms with Gasteiger partial charge in [0, 0.05) is 18.3 Å². The molecule has 2 aliphatic heterocycles. The minimum absolute atomic E-state index is 0.0535. The van der Waals surface area contributed by atoms with Gasteiger partial charge in [-0.3, -0.25) is 4.79 Å². The third-order valence-corrected chi connectivity index (χ3v) is 4.43. The highest BCUT2D eigenvalue weighted by Crippen LogP contribution is 2.51. The Kier molecular flexibility index (Phi) is 2.92. The number of anilines is 1. The van der Waals surface area contributed by atoms with E-state index in [-0.39, 0.29) is 28.7 Å². The summed E-state index contributed by atoms with van der Waals surface area (Å²) < 4.78 is 11.1. The van der Waals surface area contributed by atoms with Crippen LogP contribution in [0.3, 0.4) is 0 Å². The molecule has 1 aromatic carbocycles. The van der Waals surface area contributed by atoms with E-state index in [2.05, 4.69) is 11.4 Å². The van der Waals surface area contributed by atoms with Crippen LogP contribution in [0, 0.1) is 11.3 Å². The van der Waals surface area contributed by atoms with Gasteiger partial charge in [-0.15, -0.1) is 0 Å². The number of nitrogens with one attached hydrogen (secondary N) is 1. The molecule has 1 aromatic heterocycles. The molecule has 7 heteroatoms. The fraction of sp³-hybridized carbons (Fsp3) is 0.176. The van der Waals surface area contributed by atoms with E-state index >= 15 is 0 Å². The maximum absolute atomic E-state index is 12.4. The molecular formula is C17H13N3O4. The molecule has 7 nitrogen and oxygen atoms in total. The van der Waals surface area contributed by atoms with E-state index in [4.69, 9.17) is 14.9 Å². The van der Waals surface area contributed by atoms with Crippen LogP contribution in [0.15, 0.2) is 51.0 Å². The number of aliphatic hydroxyl groups is 1. The first-order chi connectivity index (χ1) is 11.6. The molecule has 1 spiro atoms. The molecule has 0 saturated carbocycles. The number of benzene rings is 1. The molecule has 3 heterocycles. The van der Waals surface area contributed by atoms with E-state index in [9.17, 15) is 15.2 Å². The van der Waals surface area contributed by atoms with E-state index in [1.807, 2.05) is 24.3 Å². The van der Waals surface area contributed by atoms with Crippen molar-refractivity contribution in [1.82, 2.24) is 0 Å². The number of nitrogens with two attached hydrogens (primary N) is 1. The lowest BCUT2D eigenvalue weighted by Gasteiger charge is -2.33. The predicted octanol–water partition coefficient (Wildman–Crippen LogP) is 0.930. The van der Waals surface area contributed by atoms with Crippen LogP contribution in [0.2, 0.25) is 0 Å². The summed E-state index contributed by atoms with van der Waals surface area (Å²) in [6, 6.07) is 10.7. The second-order valence-electron chi connectivity index (χ2n) is 5.65. The lowest BCUT2D eigenvalue weighted by atomic mass is 9.72. The van der Waals surface area contributed by atoms with Crippen LogP contribution in [0.4, 0.5) is 5.69 Å². The van der Waals surface area contributed by atoms with Crippen molar-refractivity contribution in [3.63, 3.8) is 0 Å². The van der Waals surface area contributed by atoms with Crippen molar-refractivity contribution in [2.45, 2.75) is 12.0 Å². The first kappa shape index (κ1) is 14.4. The Hall–Kier alpha value is -3.24. The Morgan fingerprint density at radius 3 is 2.96 bits per heavy atom. The van der Waals surface area contributed by atoms with Crippen molar-refractivity contribution in [1.29, 1.82) is 5.26 Å². The summed E-state index contributed by atoms with van der Waals surface area (Å²) in [4.78, 5) is 12.4. The normalized spacial score (nSPS) is 20.8. The molecule has 0 radical (unpaired) electrons. The number of nitrogens with zero attached hydrogens (tertiary/aromatic N) is 1. The molecule has 0 aliphatic carbocycles. The minimum Gasteiger partial charge on any atom is -0.458 e. The van der Waals surface area contributed by atoms with E-state index in [1.165, 1.54) is 0 Å². The second kappa shape index (κ2) is 4.88. The third-order valence-electron chi connectivity index (χ3n) is 4.43. The SMILES string of the molecule is N#CC1=C(N)Oc2c(oc(CO)cc2=O)C12CNc1ccccc12. The summed E-state index contributed by atoms with van der Waals surface area (Å²) in [5.41, 5.74) is 6.18. The van der Waals surface area contributed by atoms with Crippen molar-refractivity contribution in [3.05, 3.63) is 69.1 Å². The number of fused-ring (bicyclic) bond motifs is 4. The van der Waals surface area contributed by atoms with Crippen LogP contribution < -0.4 is 21.2 Å². The number of hydrogen-bond acceptors (Lipinski definition) is 7. The Balaban J connectivity index is 2.13. The van der Waals surface area contributed by atoms with Gasteiger partial charge in [0.2, 0.25) is 17.1 Å². The van der Waals surface area contributed by atoms with Crippen molar-refractivity contribution >= 4 is 5.69 Å². The molecule has 0 saturated heterocycles. The summed E-state index contributed by atoms with van der Waals surface area (Å²) in [7, 11) is 0. The molecule has 4 rings (SSSR count). The molecule has 1 unspecified atom stereocenters. The van der Waals surface area contributed by atoms with Crippen LogP contribution in [-0.2, 0) is 12.0 Å². The van der Waals surface area contributed by atoms with Gasteiger partial charge in [0.25, 0.3) is 0 Å². The number of hydrogen-bond donors (Lipinski definition) is 3. The highest BCUT2D eigenvalue weighted by atomic mass is 16.5. The number of para-hydroxylation sites is 1. The Morgan fingerprint density at radius 1 is 1.42 bits per heavy atom. The molecule has 0 bridgehead atoms. The van der Waals surface area contributed by atoms with Gasteiger partial charge in [0.1, 0.15) is 29.4 Å². The summed E-state index contributed by atoms with van der Waals surface area (Å²) in [5, 5.41) is 22.3. The fourth-order valence-corrected chi connectivity index (χ4v) is 3.38. The van der Waals surface area contributed by atoms with Crippen molar-refractivity contribution in [2.24, 2.45) is 5.73 Å². The van der Waals surface area contributed by atoms with Gasteiger partial charge < -0.3 is 25.3 Å². The zero-order valence-electron chi connectivity index (χ0n) is 12.5. The largest absolute Gasteiger partial charge is 0.458 e. The summed E-state index contributed by atoms with van der Waals surface area (Å²) in [5.74, 6) is 0.112. The highest BCUT2D eigenvalue weighted by Gasteiger charge is 2.53. The van der Waals surface area contributed by atoms with E-state index < -0.39 is 17.5 Å². The standard InChI is InChI=1S/C17H13N3O4/c18-6-11-16(19)24-14-13(22)5-9(7-21)23-15(14)17(11)8-20-12-4-2-1-3-10(12)17/h1-5,20-21H,7-8,19H2. The summed E-state index contributed by atoms with van der Waals surface area (Å²) in [6.07, 6.45) is 0. The number of nitriles is 1. The van der Waals surface area contributed by atoms with Crippen LogP contribution in [-0.4, -0.2) is 11.7 Å². The van der Waals surface area contributed by atoms with Crippen LogP contribution in [0.1, 0.15) is 17.1 Å². The smallest absolute Gasteiger partial charge is 0.228 e. The lowest BCUT2D eigenvalue weighted by Crippen LogP contribution is -2.40. The Labute approximate surface area is 136 Å². The van der Waals surface area contributed by atoms with Crippen LogP contribution >= 0.6 is 0 Å². The average molecular weight is 323 g/mol. The Morgan fingerprint density at radius 2 is 2.21 bits per heavy atom. The van der Waals surface area contributed by atoms with Crippen LogP contribution in [0.25, 0.3) is 0 Å². The number of rotatable bonds is 1.